The number of halogens is 2. The molecule has 0 bridgehead atoms. The third-order valence-electron chi connectivity index (χ3n) is 2.67. The molecule has 0 unspecified atom stereocenters. The van der Waals surface area contributed by atoms with E-state index in [2.05, 4.69) is 10.6 Å². The van der Waals surface area contributed by atoms with Crippen LogP contribution in [0.15, 0.2) is 18.2 Å². The highest BCUT2D eigenvalue weighted by Crippen LogP contribution is 2.28. The fourth-order valence-electron chi connectivity index (χ4n) is 1.54. The maximum atomic E-state index is 12.0. The number of likely N-dealkylation sites (N-methyl/N-ethyl adjacent to an activating group) is 1. The summed E-state index contributed by atoms with van der Waals surface area (Å²) in [5.41, 5.74) is 0. The first-order valence-electron chi connectivity index (χ1n) is 6.55. The minimum atomic E-state index is -0.791. The molecular formula is C14H18Cl2N2O3. The van der Waals surface area contributed by atoms with Crippen LogP contribution in [-0.2, 0) is 9.59 Å². The Morgan fingerprint density at radius 2 is 1.90 bits per heavy atom. The van der Waals surface area contributed by atoms with Crippen LogP contribution >= 0.6 is 23.2 Å². The van der Waals surface area contributed by atoms with Gasteiger partial charge in [0.15, 0.2) is 6.10 Å². The largest absolute Gasteiger partial charge is 0.479 e. The smallest absolute Gasteiger partial charge is 0.261 e. The number of hydrogen-bond acceptors (Lipinski definition) is 3. The van der Waals surface area contributed by atoms with Crippen molar-refractivity contribution in [3.05, 3.63) is 28.2 Å². The summed E-state index contributed by atoms with van der Waals surface area (Å²) in [5.74, 6) is -0.295. The molecule has 0 saturated heterocycles. The lowest BCUT2D eigenvalue weighted by Crippen LogP contribution is -2.48. The number of nitrogens with one attached hydrogen (secondary N) is 2. The molecule has 0 heterocycles. The molecule has 1 rings (SSSR count). The summed E-state index contributed by atoms with van der Waals surface area (Å²) in [4.78, 5) is 23.5. The molecule has 0 saturated carbocycles. The third-order valence-corrected chi connectivity index (χ3v) is 3.20. The predicted octanol–water partition coefficient (Wildman–Crippen LogP) is 2.40. The van der Waals surface area contributed by atoms with Crippen molar-refractivity contribution in [3.8, 4) is 5.75 Å². The normalized spacial score (nSPS) is 13.2. The van der Waals surface area contributed by atoms with Gasteiger partial charge < -0.3 is 15.4 Å². The van der Waals surface area contributed by atoms with E-state index in [1.165, 1.54) is 6.07 Å². The number of amides is 2. The first-order chi connectivity index (χ1) is 9.85. The number of carbonyl (C=O) groups is 2. The highest BCUT2D eigenvalue weighted by molar-refractivity contribution is 6.35. The van der Waals surface area contributed by atoms with Crippen molar-refractivity contribution < 1.29 is 14.3 Å². The van der Waals surface area contributed by atoms with E-state index in [-0.39, 0.29) is 5.91 Å². The predicted molar refractivity (Wildman–Crippen MR) is 82.8 cm³/mol. The Morgan fingerprint density at radius 1 is 1.24 bits per heavy atom. The Labute approximate surface area is 133 Å². The number of rotatable bonds is 6. The van der Waals surface area contributed by atoms with Crippen molar-refractivity contribution in [3.63, 3.8) is 0 Å². The fraction of sp³-hybridized carbons (Fsp3) is 0.429. The standard InChI is InChI=1S/C14H18Cl2N2O3/c1-4-17-13(19)8(2)18-14(20)9(3)21-12-6-5-10(15)7-11(12)16/h5-9H,4H2,1-3H3,(H,17,19)(H,18,20)/t8-,9+/m0/s1. The van der Waals surface area contributed by atoms with Crippen LogP contribution in [0.5, 0.6) is 5.75 Å². The van der Waals surface area contributed by atoms with Gasteiger partial charge in [-0.25, -0.2) is 0 Å². The van der Waals surface area contributed by atoms with Crippen molar-refractivity contribution in [1.82, 2.24) is 10.6 Å². The molecule has 7 heteroatoms. The van der Waals surface area contributed by atoms with E-state index in [1.807, 2.05) is 0 Å². The van der Waals surface area contributed by atoms with Gasteiger partial charge in [-0.1, -0.05) is 23.2 Å². The molecule has 0 spiro atoms. The van der Waals surface area contributed by atoms with Crippen LogP contribution in [0.2, 0.25) is 10.0 Å². The van der Waals surface area contributed by atoms with Gasteiger partial charge in [-0.3, -0.25) is 9.59 Å². The van der Waals surface area contributed by atoms with Crippen molar-refractivity contribution >= 4 is 35.0 Å². The highest BCUT2D eigenvalue weighted by Gasteiger charge is 2.21. The van der Waals surface area contributed by atoms with Crippen molar-refractivity contribution in [1.29, 1.82) is 0 Å². The third kappa shape index (κ3) is 5.44. The average molecular weight is 333 g/mol. The molecule has 0 radical (unpaired) electrons. The molecule has 5 nitrogen and oxygen atoms in total. The second kappa shape index (κ2) is 8.10. The van der Waals surface area contributed by atoms with Crippen LogP contribution in [-0.4, -0.2) is 30.5 Å². The summed E-state index contributed by atoms with van der Waals surface area (Å²) in [7, 11) is 0. The van der Waals surface area contributed by atoms with Gasteiger partial charge in [-0.2, -0.15) is 0 Å². The Hall–Kier alpha value is -1.46. The van der Waals surface area contributed by atoms with Gasteiger partial charge in [-0.15, -0.1) is 0 Å². The molecule has 0 aliphatic carbocycles. The summed E-state index contributed by atoms with van der Waals surface area (Å²) in [6, 6.07) is 4.09. The molecule has 2 N–H and O–H groups in total. The SMILES string of the molecule is CCNC(=O)[C@H](C)NC(=O)[C@@H](C)Oc1ccc(Cl)cc1Cl. The molecular weight excluding hydrogens is 315 g/mol. The molecule has 1 aromatic rings. The zero-order valence-electron chi connectivity index (χ0n) is 12.1. The lowest BCUT2D eigenvalue weighted by Gasteiger charge is -2.18. The van der Waals surface area contributed by atoms with Gasteiger partial charge in [0, 0.05) is 11.6 Å². The monoisotopic (exact) mass is 332 g/mol. The van der Waals surface area contributed by atoms with Crippen molar-refractivity contribution in [2.75, 3.05) is 6.54 Å². The quantitative estimate of drug-likeness (QED) is 0.840. The summed E-state index contributed by atoms with van der Waals surface area (Å²) >= 11 is 11.8. The molecule has 0 aliphatic rings. The maximum absolute atomic E-state index is 12.0. The first-order valence-corrected chi connectivity index (χ1v) is 7.30. The van der Waals surface area contributed by atoms with Crippen molar-refractivity contribution in [2.45, 2.75) is 32.9 Å². The second-order valence-corrected chi connectivity index (χ2v) is 5.30. The van der Waals surface area contributed by atoms with Gasteiger partial charge >= 0.3 is 0 Å². The van der Waals surface area contributed by atoms with E-state index in [0.717, 1.165) is 0 Å². The molecule has 116 valence electrons. The summed E-state index contributed by atoms with van der Waals surface area (Å²) in [6.07, 6.45) is -0.791. The second-order valence-electron chi connectivity index (χ2n) is 4.46. The summed E-state index contributed by atoms with van der Waals surface area (Å²) in [5, 5.41) is 5.99. The van der Waals surface area contributed by atoms with Crippen LogP contribution in [0, 0.1) is 0 Å². The van der Waals surface area contributed by atoms with Crippen LogP contribution < -0.4 is 15.4 Å². The molecule has 2 amide bonds. The summed E-state index contributed by atoms with van der Waals surface area (Å²) < 4.78 is 5.47. The zero-order valence-corrected chi connectivity index (χ0v) is 13.6. The van der Waals surface area contributed by atoms with Crippen LogP contribution in [0.25, 0.3) is 0 Å². The van der Waals surface area contributed by atoms with E-state index in [4.69, 9.17) is 27.9 Å². The Bertz CT molecular complexity index is 523. The van der Waals surface area contributed by atoms with Crippen LogP contribution in [0.4, 0.5) is 0 Å². The molecule has 21 heavy (non-hydrogen) atoms. The van der Waals surface area contributed by atoms with E-state index in [1.54, 1.807) is 32.9 Å². The van der Waals surface area contributed by atoms with E-state index < -0.39 is 18.1 Å². The summed E-state index contributed by atoms with van der Waals surface area (Å²) in [6.45, 7) is 5.49. The Kier molecular flexibility index (Phi) is 6.78. The van der Waals surface area contributed by atoms with E-state index in [0.29, 0.717) is 22.3 Å². The van der Waals surface area contributed by atoms with Gasteiger partial charge in [0.25, 0.3) is 5.91 Å². The molecule has 0 aromatic heterocycles. The van der Waals surface area contributed by atoms with Gasteiger partial charge in [-0.05, 0) is 39.0 Å². The van der Waals surface area contributed by atoms with Gasteiger partial charge in [0.05, 0.1) is 5.02 Å². The lowest BCUT2D eigenvalue weighted by molar-refractivity contribution is -0.132. The van der Waals surface area contributed by atoms with Gasteiger partial charge in [0.2, 0.25) is 5.91 Å². The van der Waals surface area contributed by atoms with Crippen LogP contribution in [0.1, 0.15) is 20.8 Å². The topological polar surface area (TPSA) is 67.4 Å². The Morgan fingerprint density at radius 3 is 2.48 bits per heavy atom. The average Bonchev–Trinajstić information content (AvgIpc) is 2.41. The number of hydrogen-bond donors (Lipinski definition) is 2. The molecule has 2 atom stereocenters. The maximum Gasteiger partial charge on any atom is 0.261 e. The van der Waals surface area contributed by atoms with E-state index in [9.17, 15) is 9.59 Å². The number of ether oxygens (including phenoxy) is 1. The fourth-order valence-corrected chi connectivity index (χ4v) is 1.99. The molecule has 1 aromatic carbocycles. The van der Waals surface area contributed by atoms with Crippen molar-refractivity contribution in [2.24, 2.45) is 0 Å². The lowest BCUT2D eigenvalue weighted by atomic mass is 10.2. The van der Waals surface area contributed by atoms with Gasteiger partial charge in [0.1, 0.15) is 11.8 Å². The Balaban J connectivity index is 2.60. The minimum Gasteiger partial charge on any atom is -0.479 e. The number of benzene rings is 1. The minimum absolute atomic E-state index is 0.248. The van der Waals surface area contributed by atoms with E-state index >= 15 is 0 Å². The zero-order chi connectivity index (χ0) is 16.0. The molecule has 0 aliphatic heterocycles. The first kappa shape index (κ1) is 17.6. The molecule has 0 fully saturated rings. The highest BCUT2D eigenvalue weighted by atomic mass is 35.5. The number of carbonyl (C=O) groups excluding carboxylic acids is 2. The van der Waals surface area contributed by atoms with Crippen LogP contribution in [0.3, 0.4) is 0 Å².